The molecular formula is C42H50N2O15. The monoisotopic (exact) mass is 822 g/mol. The van der Waals surface area contributed by atoms with Crippen LogP contribution in [0, 0.1) is 5.92 Å². The Morgan fingerprint density at radius 1 is 1.02 bits per heavy atom. The van der Waals surface area contributed by atoms with Crippen molar-refractivity contribution in [3.63, 3.8) is 0 Å². The fraction of sp³-hybridized carbons (Fsp3) is 0.524. The molecule has 1 fully saturated rings. The van der Waals surface area contributed by atoms with Crippen LogP contribution >= 0.6 is 0 Å². The van der Waals surface area contributed by atoms with Gasteiger partial charge in [0.15, 0.2) is 29.1 Å². The van der Waals surface area contributed by atoms with Crippen molar-refractivity contribution in [3.05, 3.63) is 70.3 Å². The van der Waals surface area contributed by atoms with Crippen LogP contribution in [0.3, 0.4) is 0 Å². The molecule has 9 atom stereocenters. The van der Waals surface area contributed by atoms with Crippen LogP contribution in [0.1, 0.15) is 78.9 Å². The van der Waals surface area contributed by atoms with Gasteiger partial charge in [0.2, 0.25) is 6.79 Å². The zero-order valence-corrected chi connectivity index (χ0v) is 33.0. The van der Waals surface area contributed by atoms with Crippen LogP contribution < -0.4 is 34.9 Å². The van der Waals surface area contributed by atoms with E-state index in [1.165, 1.54) is 0 Å². The second-order valence-corrected chi connectivity index (χ2v) is 16.1. The molecule has 0 unspecified atom stereocenters. The van der Waals surface area contributed by atoms with Crippen LogP contribution in [0.2, 0.25) is 0 Å². The van der Waals surface area contributed by atoms with Crippen molar-refractivity contribution in [2.45, 2.75) is 93.7 Å². The first-order valence-electron chi connectivity index (χ1n) is 19.8. The predicted octanol–water partition coefficient (Wildman–Crippen LogP) is 2.93. The molecule has 59 heavy (non-hydrogen) atoms. The number of benzene rings is 3. The number of carbonyl (C=O) groups is 2. The number of aromatic hydroxyl groups is 1. The summed E-state index contributed by atoms with van der Waals surface area (Å²) in [5.74, 6) is 0.174. The molecular weight excluding hydrogens is 772 g/mol. The van der Waals surface area contributed by atoms with Gasteiger partial charge in [-0.15, -0.1) is 0 Å². The molecule has 7 N–H and O–H groups in total. The van der Waals surface area contributed by atoms with Crippen molar-refractivity contribution < 1.29 is 72.9 Å². The van der Waals surface area contributed by atoms with Gasteiger partial charge in [-0.05, 0) is 68.1 Å². The van der Waals surface area contributed by atoms with Crippen molar-refractivity contribution in [2.24, 2.45) is 11.7 Å². The molecule has 5 heterocycles. The second kappa shape index (κ2) is 16.6. The summed E-state index contributed by atoms with van der Waals surface area (Å²) in [6.45, 7) is 4.43. The standard InChI is InChI=1S/C42H50N2O15/c1-20(2)9-28-37-26(12-32-39(28)55-19-54-32)29-17-51-30-11-25-24(21-5-4-6-23(45)10-21)7-8-42(59-58-31(25)13-27(30)38(29)57-37)40(50)36(49)33(18-52-35(48)14-34(46)47)56-41(42)53-16-22(43)15-44-3/h4-6,10-13,20,22,24,29,33,36,38,40-41,44-45,49-50H,7-9,14-19,43H2,1-3H3,(H,46,47)/t22-,24-,29+,33+,36+,38+,40-,41+,42+/m0/s1. The highest BCUT2D eigenvalue weighted by Crippen LogP contribution is 2.58. The number of ether oxygens (including phenoxy) is 7. The van der Waals surface area contributed by atoms with Gasteiger partial charge in [0.05, 0.1) is 19.1 Å². The Kier molecular flexibility index (Phi) is 11.5. The maximum absolute atomic E-state index is 12.1. The summed E-state index contributed by atoms with van der Waals surface area (Å²) in [6, 6.07) is 11.9. The third-order valence-corrected chi connectivity index (χ3v) is 11.5. The zero-order valence-electron chi connectivity index (χ0n) is 33.0. The van der Waals surface area contributed by atoms with Gasteiger partial charge in [0.25, 0.3) is 0 Å². The highest BCUT2D eigenvalue weighted by Gasteiger charge is 2.60. The topological polar surface area (TPSA) is 236 Å². The number of phenols is 1. The number of carbonyl (C=O) groups excluding carboxylic acids is 1. The van der Waals surface area contributed by atoms with Crippen LogP contribution in [-0.4, -0.2) is 109 Å². The van der Waals surface area contributed by atoms with Crippen molar-refractivity contribution in [1.29, 1.82) is 0 Å². The number of hydrogen-bond acceptors (Lipinski definition) is 16. The third kappa shape index (κ3) is 7.83. The van der Waals surface area contributed by atoms with Crippen LogP contribution in [0.15, 0.2) is 42.5 Å². The molecule has 5 aliphatic rings. The molecule has 0 saturated carbocycles. The summed E-state index contributed by atoms with van der Waals surface area (Å²) in [7, 11) is 1.73. The van der Waals surface area contributed by atoms with Gasteiger partial charge in [-0.1, -0.05) is 26.0 Å². The molecule has 0 amide bonds. The Labute approximate surface area is 340 Å². The largest absolute Gasteiger partial charge is 0.508 e. The Morgan fingerprint density at radius 3 is 2.58 bits per heavy atom. The number of esters is 1. The van der Waals surface area contributed by atoms with E-state index in [9.17, 15) is 24.9 Å². The van der Waals surface area contributed by atoms with Crippen molar-refractivity contribution in [1.82, 2.24) is 5.32 Å². The van der Waals surface area contributed by atoms with Crippen LogP contribution in [0.4, 0.5) is 0 Å². The SMILES string of the molecule is CNC[C@H](N)CO[C@@H]1O[C@H](COC(=O)CC(=O)O)[C@@H](O)[C@H](O)[C@]12CC[C@@H](c1cccc(O)c1)c1cc3c(cc1OO2)[C@H]1Oc2c(cc4c(c2CC(C)C)OCO4)[C@H]1CO3. The molecule has 0 aromatic heterocycles. The average molecular weight is 823 g/mol. The van der Waals surface area contributed by atoms with E-state index in [1.54, 1.807) is 31.3 Å². The summed E-state index contributed by atoms with van der Waals surface area (Å²) >= 11 is 0. The Hall–Kier alpha value is -4.88. The van der Waals surface area contributed by atoms with E-state index in [-0.39, 0.29) is 43.7 Å². The van der Waals surface area contributed by atoms with Crippen molar-refractivity contribution in [3.8, 4) is 34.5 Å². The zero-order chi connectivity index (χ0) is 41.6. The smallest absolute Gasteiger partial charge is 0.317 e. The Bertz CT molecular complexity index is 2060. The Morgan fingerprint density at radius 2 is 1.81 bits per heavy atom. The maximum Gasteiger partial charge on any atom is 0.317 e. The van der Waals surface area contributed by atoms with Crippen LogP contribution in [0.25, 0.3) is 0 Å². The first kappa shape index (κ1) is 40.9. The molecule has 3 aromatic rings. The minimum absolute atomic E-state index is 0.0169. The number of likely N-dealkylation sites (N-methyl/N-ethyl adjacent to an activating group) is 1. The number of phenolic OH excluding ortho intramolecular Hbond substituents is 1. The molecule has 0 aliphatic carbocycles. The molecule has 0 radical (unpaired) electrons. The molecule has 1 spiro atoms. The third-order valence-electron chi connectivity index (χ3n) is 11.5. The van der Waals surface area contributed by atoms with Gasteiger partial charge < -0.3 is 69.5 Å². The van der Waals surface area contributed by atoms with E-state index in [4.69, 9.17) is 53.8 Å². The number of hydrogen-bond donors (Lipinski definition) is 6. The van der Waals surface area contributed by atoms with E-state index in [2.05, 4.69) is 19.2 Å². The summed E-state index contributed by atoms with van der Waals surface area (Å²) < 4.78 is 42.6. The highest BCUT2D eigenvalue weighted by atomic mass is 17.2. The lowest BCUT2D eigenvalue weighted by Crippen LogP contribution is -2.69. The number of aliphatic carboxylic acids is 1. The predicted molar refractivity (Wildman–Crippen MR) is 205 cm³/mol. The number of aliphatic hydroxyl groups is 2. The van der Waals surface area contributed by atoms with E-state index >= 15 is 0 Å². The fourth-order valence-corrected chi connectivity index (χ4v) is 8.73. The molecule has 8 rings (SSSR count). The minimum Gasteiger partial charge on any atom is -0.508 e. The van der Waals surface area contributed by atoms with Gasteiger partial charge in [-0.25, -0.2) is 0 Å². The molecule has 3 aromatic carbocycles. The van der Waals surface area contributed by atoms with Gasteiger partial charge in [0, 0.05) is 40.8 Å². The van der Waals surface area contributed by atoms with E-state index in [0.717, 1.165) is 22.4 Å². The summed E-state index contributed by atoms with van der Waals surface area (Å²) in [6.07, 6.45) is -6.68. The quantitative estimate of drug-likeness (QED) is 0.0875. The molecule has 1 saturated heterocycles. The first-order valence-corrected chi connectivity index (χ1v) is 19.8. The maximum atomic E-state index is 12.1. The van der Waals surface area contributed by atoms with Crippen molar-refractivity contribution >= 4 is 11.9 Å². The lowest BCUT2D eigenvalue weighted by molar-refractivity contribution is -0.422. The summed E-state index contributed by atoms with van der Waals surface area (Å²) in [4.78, 5) is 35.8. The summed E-state index contributed by atoms with van der Waals surface area (Å²) in [5, 5.41) is 46.1. The number of nitrogens with one attached hydrogen (secondary N) is 1. The molecule has 0 bridgehead atoms. The van der Waals surface area contributed by atoms with Gasteiger partial charge in [-0.3, -0.25) is 9.59 Å². The number of carboxylic acids is 1. The molecule has 5 aliphatic heterocycles. The first-order chi connectivity index (χ1) is 28.4. The van der Waals surface area contributed by atoms with Gasteiger partial charge in [-0.2, -0.15) is 4.89 Å². The van der Waals surface area contributed by atoms with Gasteiger partial charge in [0.1, 0.15) is 54.7 Å². The van der Waals surface area contributed by atoms with Crippen molar-refractivity contribution in [2.75, 3.05) is 40.2 Å². The highest BCUT2D eigenvalue weighted by molar-refractivity contribution is 5.90. The number of nitrogens with two attached hydrogens (primary N) is 1. The van der Waals surface area contributed by atoms with Crippen LogP contribution in [0.5, 0.6) is 34.5 Å². The van der Waals surface area contributed by atoms with E-state index < -0.39 is 73.2 Å². The number of fused-ring (bicyclic) bond motifs is 7. The van der Waals surface area contributed by atoms with Gasteiger partial charge >= 0.3 is 11.9 Å². The fourth-order valence-electron chi connectivity index (χ4n) is 8.73. The second-order valence-electron chi connectivity index (χ2n) is 16.1. The molecule has 17 nitrogen and oxygen atoms in total. The minimum atomic E-state index is -1.89. The van der Waals surface area contributed by atoms with E-state index in [1.807, 2.05) is 18.2 Å². The summed E-state index contributed by atoms with van der Waals surface area (Å²) in [5.41, 5.74) is 8.37. The molecule has 318 valence electrons. The lowest BCUT2D eigenvalue weighted by atomic mass is 9.77. The lowest BCUT2D eigenvalue weighted by Gasteiger charge is -2.50. The normalized spacial score (nSPS) is 28.2. The van der Waals surface area contributed by atoms with E-state index in [0.29, 0.717) is 53.9 Å². The number of rotatable bonds is 12. The molecule has 17 heteroatoms. The number of carboxylic acid groups (broad SMARTS) is 1. The van der Waals surface area contributed by atoms with Crippen LogP contribution in [-0.2, 0) is 35.1 Å². The number of aliphatic hydroxyl groups excluding tert-OH is 2. The average Bonchev–Trinajstić information content (AvgIpc) is 3.82. The Balaban J connectivity index is 1.17.